The van der Waals surface area contributed by atoms with Crippen LogP contribution in [-0.4, -0.2) is 25.6 Å². The van der Waals surface area contributed by atoms with Gasteiger partial charge in [0.1, 0.15) is 0 Å². The summed E-state index contributed by atoms with van der Waals surface area (Å²) < 4.78 is 0.506. The van der Waals surface area contributed by atoms with Gasteiger partial charge in [-0.2, -0.15) is 0 Å². The summed E-state index contributed by atoms with van der Waals surface area (Å²) >= 11 is 5.79. The number of amides is 1. The number of carbonyl (C=O) groups excluding carboxylic acids is 1. The normalized spacial score (nSPS) is 20.5. The Morgan fingerprint density at radius 3 is 2.60 bits per heavy atom. The van der Waals surface area contributed by atoms with Crippen molar-refractivity contribution in [3.8, 4) is 0 Å². The summed E-state index contributed by atoms with van der Waals surface area (Å²) in [5, 5.41) is 0.706. The van der Waals surface area contributed by atoms with Gasteiger partial charge in [0.15, 0.2) is 0 Å². The second-order valence-electron chi connectivity index (χ2n) is 3.23. The fourth-order valence-corrected chi connectivity index (χ4v) is 3.30. The molecule has 0 spiro atoms. The van der Waals surface area contributed by atoms with Crippen molar-refractivity contribution in [2.24, 2.45) is 10.7 Å². The molecule has 2 rings (SSSR count). The second kappa shape index (κ2) is 4.35. The maximum atomic E-state index is 11.4. The van der Waals surface area contributed by atoms with Crippen LogP contribution in [0.5, 0.6) is 0 Å². The Bertz CT molecular complexity index is 416. The van der Waals surface area contributed by atoms with Gasteiger partial charge in [-0.15, -0.1) is 0 Å². The summed E-state index contributed by atoms with van der Waals surface area (Å²) in [6.07, 6.45) is 0.709. The van der Waals surface area contributed by atoms with E-state index in [1.165, 1.54) is 0 Å². The Hall–Kier alpha value is -0.831. The molecule has 1 aliphatic heterocycles. The monoisotopic (exact) mass is 288 g/mol. The van der Waals surface area contributed by atoms with Gasteiger partial charge in [-0.05, 0) is 0 Å². The number of carbonyl (C=O) groups is 1. The molecule has 0 saturated heterocycles. The summed E-state index contributed by atoms with van der Waals surface area (Å²) in [5.41, 5.74) is 6.63. The number of nitrogens with two attached hydrogens (primary N) is 1. The van der Waals surface area contributed by atoms with Crippen LogP contribution in [0.2, 0.25) is 9.84 Å². The van der Waals surface area contributed by atoms with Crippen LogP contribution in [0.4, 0.5) is 0 Å². The average Bonchev–Trinajstić information content (AvgIpc) is 2.49. The number of halogens is 1. The van der Waals surface area contributed by atoms with Gasteiger partial charge in [-0.3, -0.25) is 0 Å². The fourth-order valence-electron chi connectivity index (χ4n) is 1.37. The third kappa shape index (κ3) is 2.59. The van der Waals surface area contributed by atoms with Gasteiger partial charge in [-0.1, -0.05) is 0 Å². The molecule has 5 heteroatoms. The first-order chi connectivity index (χ1) is 7.15. The predicted octanol–water partition coefficient (Wildman–Crippen LogP) is 1.23. The van der Waals surface area contributed by atoms with Gasteiger partial charge in [0.05, 0.1) is 0 Å². The van der Waals surface area contributed by atoms with Gasteiger partial charge in [0.2, 0.25) is 0 Å². The SMILES string of the molecule is NC1=NC(=O)C(Cc2ccc(Cl)cc2)[Se]1. The molecule has 1 aromatic carbocycles. The quantitative estimate of drug-likeness (QED) is 0.832. The second-order valence-corrected chi connectivity index (χ2v) is 6.23. The molecular weight excluding hydrogens is 279 g/mol. The van der Waals surface area contributed by atoms with Crippen molar-refractivity contribution in [3.63, 3.8) is 0 Å². The summed E-state index contributed by atoms with van der Waals surface area (Å²) in [6.45, 7) is 0. The van der Waals surface area contributed by atoms with E-state index in [1.807, 2.05) is 24.3 Å². The van der Waals surface area contributed by atoms with Crippen LogP contribution in [0, 0.1) is 0 Å². The third-order valence-electron chi connectivity index (χ3n) is 2.09. The van der Waals surface area contributed by atoms with Gasteiger partial charge in [0.25, 0.3) is 0 Å². The Labute approximate surface area is 98.9 Å². The summed E-state index contributed by atoms with van der Waals surface area (Å²) in [6, 6.07) is 7.52. The maximum absolute atomic E-state index is 11.4. The molecule has 78 valence electrons. The summed E-state index contributed by atoms with van der Waals surface area (Å²) in [5.74, 6) is -0.0811. The minimum absolute atomic E-state index is 0.0106. The zero-order valence-corrected chi connectivity index (χ0v) is 10.3. The van der Waals surface area contributed by atoms with E-state index in [0.717, 1.165) is 5.56 Å². The molecule has 1 aliphatic rings. The molecule has 2 N–H and O–H groups in total. The number of nitrogens with zero attached hydrogens (tertiary/aromatic N) is 1. The minimum atomic E-state index is -0.0811. The zero-order valence-electron chi connectivity index (χ0n) is 7.81. The van der Waals surface area contributed by atoms with E-state index in [0.29, 0.717) is 16.2 Å². The standard InChI is InChI=1S/C10H9ClN2OSe/c11-7-3-1-6(2-4-7)5-8-9(14)13-10(12)15-8/h1-4,8H,5H2,(H2,12,13,14). The van der Waals surface area contributed by atoms with Crippen molar-refractivity contribution in [1.82, 2.24) is 0 Å². The van der Waals surface area contributed by atoms with Crippen molar-refractivity contribution in [1.29, 1.82) is 0 Å². The first-order valence-electron chi connectivity index (χ1n) is 4.44. The Kier molecular flexibility index (Phi) is 3.10. The third-order valence-corrected chi connectivity index (χ3v) is 4.41. The molecular formula is C10H9ClN2OSe. The molecule has 1 unspecified atom stereocenters. The van der Waals surface area contributed by atoms with Gasteiger partial charge >= 0.3 is 98.8 Å². The number of hydrogen-bond acceptors (Lipinski definition) is 2. The Balaban J connectivity index is 2.04. The van der Waals surface area contributed by atoms with Crippen LogP contribution in [0.3, 0.4) is 0 Å². The zero-order chi connectivity index (χ0) is 10.8. The van der Waals surface area contributed by atoms with E-state index >= 15 is 0 Å². The van der Waals surface area contributed by atoms with Crippen molar-refractivity contribution in [3.05, 3.63) is 34.9 Å². The molecule has 0 saturated carbocycles. The number of benzene rings is 1. The van der Waals surface area contributed by atoms with E-state index in [9.17, 15) is 4.79 Å². The van der Waals surface area contributed by atoms with E-state index in [4.69, 9.17) is 17.3 Å². The number of rotatable bonds is 2. The van der Waals surface area contributed by atoms with Gasteiger partial charge in [0, 0.05) is 0 Å². The molecule has 3 nitrogen and oxygen atoms in total. The molecule has 1 atom stereocenters. The molecule has 1 aromatic rings. The van der Waals surface area contributed by atoms with Crippen LogP contribution in [0.1, 0.15) is 5.56 Å². The van der Waals surface area contributed by atoms with Crippen LogP contribution >= 0.6 is 11.6 Å². The van der Waals surface area contributed by atoms with Gasteiger partial charge in [-0.25, -0.2) is 0 Å². The topological polar surface area (TPSA) is 55.4 Å². The molecule has 0 radical (unpaired) electrons. The van der Waals surface area contributed by atoms with E-state index in [2.05, 4.69) is 4.99 Å². The fraction of sp³-hybridized carbons (Fsp3) is 0.200. The molecule has 0 aliphatic carbocycles. The molecule has 1 amide bonds. The molecule has 0 fully saturated rings. The van der Waals surface area contributed by atoms with Crippen molar-refractivity contribution < 1.29 is 4.79 Å². The number of aliphatic imine (C=N–C) groups is 1. The Morgan fingerprint density at radius 2 is 2.07 bits per heavy atom. The van der Waals surface area contributed by atoms with E-state index < -0.39 is 0 Å². The van der Waals surface area contributed by atoms with Crippen LogP contribution in [-0.2, 0) is 11.2 Å². The van der Waals surface area contributed by atoms with E-state index in [1.54, 1.807) is 0 Å². The average molecular weight is 288 g/mol. The van der Waals surface area contributed by atoms with Gasteiger partial charge < -0.3 is 0 Å². The van der Waals surface area contributed by atoms with Crippen LogP contribution < -0.4 is 5.73 Å². The van der Waals surface area contributed by atoms with Crippen LogP contribution in [0.15, 0.2) is 29.3 Å². The summed E-state index contributed by atoms with van der Waals surface area (Å²) in [7, 11) is 0. The number of hydrogen-bond donors (Lipinski definition) is 1. The first-order valence-corrected chi connectivity index (χ1v) is 6.66. The van der Waals surface area contributed by atoms with Crippen molar-refractivity contribution in [2.45, 2.75) is 11.2 Å². The van der Waals surface area contributed by atoms with Crippen molar-refractivity contribution >= 4 is 37.2 Å². The number of amidine groups is 1. The molecule has 0 aromatic heterocycles. The first kappa shape index (κ1) is 10.7. The summed E-state index contributed by atoms with van der Waals surface area (Å²) in [4.78, 5) is 15.1. The van der Waals surface area contributed by atoms with E-state index in [-0.39, 0.29) is 25.7 Å². The van der Waals surface area contributed by atoms with Crippen molar-refractivity contribution in [2.75, 3.05) is 0 Å². The molecule has 1 heterocycles. The molecule has 15 heavy (non-hydrogen) atoms. The molecule has 0 bridgehead atoms. The Morgan fingerprint density at radius 1 is 1.40 bits per heavy atom. The van der Waals surface area contributed by atoms with Crippen LogP contribution in [0.25, 0.3) is 0 Å². The predicted molar refractivity (Wildman–Crippen MR) is 61.3 cm³/mol.